The molecule has 0 heterocycles. The van der Waals surface area contributed by atoms with E-state index in [2.05, 4.69) is 15.9 Å². The summed E-state index contributed by atoms with van der Waals surface area (Å²) in [6.07, 6.45) is -1.08. The van der Waals surface area contributed by atoms with E-state index < -0.39 is 35.6 Å². The van der Waals surface area contributed by atoms with Crippen LogP contribution in [0.2, 0.25) is 0 Å². The van der Waals surface area contributed by atoms with Crippen molar-refractivity contribution in [1.82, 2.24) is 5.32 Å². The monoisotopic (exact) mass is 387 g/mol. The largest absolute Gasteiger partial charge is 0.480 e. The Morgan fingerprint density at radius 3 is 2.17 bits per heavy atom. The highest BCUT2D eigenvalue weighted by Crippen LogP contribution is 2.32. The molecule has 0 aliphatic rings. The summed E-state index contributed by atoms with van der Waals surface area (Å²) in [5.74, 6) is -4.57. The van der Waals surface area contributed by atoms with Gasteiger partial charge in [-0.25, -0.2) is 9.59 Å². The van der Waals surface area contributed by atoms with Gasteiger partial charge in [0.2, 0.25) is 0 Å². The molecule has 0 spiro atoms. The van der Waals surface area contributed by atoms with E-state index in [1.807, 2.05) is 5.32 Å². The van der Waals surface area contributed by atoms with Crippen LogP contribution in [0.5, 0.6) is 0 Å². The zero-order chi connectivity index (χ0) is 17.8. The SMILES string of the molecule is CC(C)(C)O[C@H](c1ccccc1Br)[C@H](NC(=O)C(=O)O)C(=O)O. The Kier molecular flexibility index (Phi) is 6.28. The molecule has 2 atom stereocenters. The van der Waals surface area contributed by atoms with Gasteiger partial charge in [0.15, 0.2) is 6.04 Å². The number of hydrogen-bond donors (Lipinski definition) is 3. The van der Waals surface area contributed by atoms with Gasteiger partial charge in [-0.3, -0.25) is 4.79 Å². The highest BCUT2D eigenvalue weighted by molar-refractivity contribution is 9.10. The molecule has 23 heavy (non-hydrogen) atoms. The first-order valence-electron chi connectivity index (χ1n) is 6.72. The smallest absolute Gasteiger partial charge is 0.394 e. The van der Waals surface area contributed by atoms with Crippen LogP contribution in [0.15, 0.2) is 28.7 Å². The van der Waals surface area contributed by atoms with Crippen molar-refractivity contribution in [2.24, 2.45) is 0 Å². The van der Waals surface area contributed by atoms with E-state index >= 15 is 0 Å². The molecule has 0 aliphatic heterocycles. The summed E-state index contributed by atoms with van der Waals surface area (Å²) in [6.45, 7) is 5.19. The third-order valence-corrected chi connectivity index (χ3v) is 3.46. The number of carboxylic acid groups (broad SMARTS) is 2. The molecule has 8 heteroatoms. The van der Waals surface area contributed by atoms with Crippen molar-refractivity contribution in [3.63, 3.8) is 0 Å². The van der Waals surface area contributed by atoms with E-state index in [-0.39, 0.29) is 0 Å². The molecule has 7 nitrogen and oxygen atoms in total. The van der Waals surface area contributed by atoms with Gasteiger partial charge in [-0.05, 0) is 32.4 Å². The lowest BCUT2D eigenvalue weighted by molar-refractivity contribution is -0.157. The number of carbonyl (C=O) groups is 3. The van der Waals surface area contributed by atoms with Crippen LogP contribution in [-0.2, 0) is 19.1 Å². The second kappa shape index (κ2) is 7.56. The van der Waals surface area contributed by atoms with Gasteiger partial charge in [-0.15, -0.1) is 0 Å². The number of amides is 1. The van der Waals surface area contributed by atoms with Gasteiger partial charge in [-0.2, -0.15) is 0 Å². The molecule has 0 fully saturated rings. The summed E-state index contributed by atoms with van der Waals surface area (Å²) in [7, 11) is 0. The van der Waals surface area contributed by atoms with Crippen molar-refractivity contribution in [1.29, 1.82) is 0 Å². The Morgan fingerprint density at radius 1 is 1.17 bits per heavy atom. The summed E-state index contributed by atoms with van der Waals surface area (Å²) in [5, 5.41) is 20.1. The minimum Gasteiger partial charge on any atom is -0.480 e. The molecular formula is C15H18BrNO6. The highest BCUT2D eigenvalue weighted by Gasteiger charge is 2.36. The molecule has 126 valence electrons. The molecular weight excluding hydrogens is 370 g/mol. The normalized spacial score (nSPS) is 13.9. The predicted octanol–water partition coefficient (Wildman–Crippen LogP) is 1.96. The van der Waals surface area contributed by atoms with Crippen molar-refractivity contribution >= 4 is 33.8 Å². The van der Waals surface area contributed by atoms with E-state index in [0.29, 0.717) is 10.0 Å². The van der Waals surface area contributed by atoms with Crippen molar-refractivity contribution in [2.75, 3.05) is 0 Å². The minimum absolute atomic E-state index is 0.487. The van der Waals surface area contributed by atoms with Crippen LogP contribution in [0, 0.1) is 0 Å². The Bertz CT molecular complexity index is 610. The predicted molar refractivity (Wildman–Crippen MR) is 84.9 cm³/mol. The average Bonchev–Trinajstić information content (AvgIpc) is 2.41. The van der Waals surface area contributed by atoms with E-state index in [9.17, 15) is 19.5 Å². The first kappa shape index (κ1) is 19.1. The van der Waals surface area contributed by atoms with Crippen molar-refractivity contribution < 1.29 is 29.3 Å². The summed E-state index contributed by atoms with van der Waals surface area (Å²) >= 11 is 3.32. The van der Waals surface area contributed by atoms with Crippen LogP contribution >= 0.6 is 15.9 Å². The Hall–Kier alpha value is -1.93. The Balaban J connectivity index is 3.29. The number of ether oxygens (including phenoxy) is 1. The minimum atomic E-state index is -1.77. The molecule has 3 N–H and O–H groups in total. The molecule has 0 aliphatic carbocycles. The maximum Gasteiger partial charge on any atom is 0.394 e. The summed E-state index contributed by atoms with van der Waals surface area (Å²) in [6, 6.07) is 5.22. The number of aliphatic carboxylic acids is 2. The fraction of sp³-hybridized carbons (Fsp3) is 0.400. The number of rotatable bonds is 5. The topological polar surface area (TPSA) is 113 Å². The van der Waals surface area contributed by atoms with E-state index in [4.69, 9.17) is 9.84 Å². The van der Waals surface area contributed by atoms with Gasteiger partial charge in [-0.1, -0.05) is 34.1 Å². The molecule has 0 unspecified atom stereocenters. The average molecular weight is 388 g/mol. The first-order valence-corrected chi connectivity index (χ1v) is 7.51. The lowest BCUT2D eigenvalue weighted by Crippen LogP contribution is -2.49. The second-order valence-corrected chi connectivity index (χ2v) is 6.62. The number of hydrogen-bond acceptors (Lipinski definition) is 4. The third kappa shape index (κ3) is 5.65. The fourth-order valence-corrected chi connectivity index (χ4v) is 2.38. The van der Waals surface area contributed by atoms with Crippen LogP contribution < -0.4 is 5.32 Å². The second-order valence-electron chi connectivity index (χ2n) is 5.77. The van der Waals surface area contributed by atoms with Crippen LogP contribution in [0.25, 0.3) is 0 Å². The van der Waals surface area contributed by atoms with Crippen LogP contribution in [0.4, 0.5) is 0 Å². The molecule has 1 aromatic rings. The zero-order valence-corrected chi connectivity index (χ0v) is 14.5. The zero-order valence-electron chi connectivity index (χ0n) is 12.9. The molecule has 0 radical (unpaired) electrons. The van der Waals surface area contributed by atoms with Crippen molar-refractivity contribution in [3.05, 3.63) is 34.3 Å². The molecule has 0 aromatic heterocycles. The number of carbonyl (C=O) groups excluding carboxylic acids is 1. The lowest BCUT2D eigenvalue weighted by Gasteiger charge is -2.32. The Morgan fingerprint density at radius 2 is 1.74 bits per heavy atom. The summed E-state index contributed by atoms with van der Waals surface area (Å²) in [5.41, 5.74) is -0.234. The fourth-order valence-electron chi connectivity index (χ4n) is 1.87. The third-order valence-electron chi connectivity index (χ3n) is 2.74. The Labute approximate surface area is 141 Å². The van der Waals surface area contributed by atoms with Crippen LogP contribution in [0.1, 0.15) is 32.4 Å². The quantitative estimate of drug-likeness (QED) is 0.665. The molecule has 0 saturated heterocycles. The summed E-state index contributed by atoms with van der Waals surface area (Å²) < 4.78 is 6.38. The van der Waals surface area contributed by atoms with Crippen LogP contribution in [-0.4, -0.2) is 39.7 Å². The van der Waals surface area contributed by atoms with Gasteiger partial charge >= 0.3 is 17.8 Å². The number of carboxylic acids is 2. The van der Waals surface area contributed by atoms with Gasteiger partial charge in [0.1, 0.15) is 6.10 Å². The summed E-state index contributed by atoms with van der Waals surface area (Å²) in [4.78, 5) is 33.7. The van der Waals surface area contributed by atoms with Gasteiger partial charge in [0, 0.05) is 4.47 Å². The number of halogens is 1. The number of benzene rings is 1. The van der Waals surface area contributed by atoms with Crippen molar-refractivity contribution in [2.45, 2.75) is 38.5 Å². The van der Waals surface area contributed by atoms with E-state index in [1.54, 1.807) is 45.0 Å². The molecule has 1 amide bonds. The lowest BCUT2D eigenvalue weighted by atomic mass is 10.0. The van der Waals surface area contributed by atoms with Crippen molar-refractivity contribution in [3.8, 4) is 0 Å². The first-order chi connectivity index (χ1) is 10.5. The number of nitrogens with one attached hydrogen (secondary N) is 1. The molecule has 0 saturated carbocycles. The standard InChI is InChI=1S/C15H18BrNO6/c1-15(2,3)23-11(8-6-4-5-7-9(8)16)10(13(19)20)17-12(18)14(21)22/h4-7,10-11H,1-3H3,(H,17,18)(H,19,20)(H,21,22)/t10-,11+/m0/s1. The maximum absolute atomic E-state index is 11.6. The highest BCUT2D eigenvalue weighted by atomic mass is 79.9. The molecule has 1 aromatic carbocycles. The van der Waals surface area contributed by atoms with E-state index in [0.717, 1.165) is 0 Å². The van der Waals surface area contributed by atoms with Gasteiger partial charge in [0.05, 0.1) is 5.60 Å². The van der Waals surface area contributed by atoms with Gasteiger partial charge < -0.3 is 20.3 Å². The van der Waals surface area contributed by atoms with Crippen LogP contribution in [0.3, 0.4) is 0 Å². The van der Waals surface area contributed by atoms with E-state index in [1.165, 1.54) is 0 Å². The van der Waals surface area contributed by atoms with Gasteiger partial charge in [0.25, 0.3) is 0 Å². The molecule has 1 rings (SSSR count). The molecule has 0 bridgehead atoms. The maximum atomic E-state index is 11.6.